The van der Waals surface area contributed by atoms with E-state index in [2.05, 4.69) is 15.8 Å². The van der Waals surface area contributed by atoms with E-state index in [1.165, 1.54) is 54.6 Å². The Labute approximate surface area is 233 Å². The van der Waals surface area contributed by atoms with Gasteiger partial charge in [-0.25, -0.2) is 10.2 Å². The molecule has 0 radical (unpaired) electrons. The van der Waals surface area contributed by atoms with Crippen LogP contribution in [-0.2, 0) is 9.59 Å². The largest absolute Gasteiger partial charge is 0.415 e. The molecule has 0 aliphatic heterocycles. The Bertz CT molecular complexity index is 1560. The van der Waals surface area contributed by atoms with Crippen LogP contribution in [0.1, 0.15) is 42.3 Å². The van der Waals surface area contributed by atoms with E-state index in [9.17, 15) is 34.6 Å². The second-order valence-electron chi connectivity index (χ2n) is 9.54. The minimum atomic E-state index is -0.983. The summed E-state index contributed by atoms with van der Waals surface area (Å²) in [5.41, 5.74) is 2.10. The second-order valence-corrected chi connectivity index (χ2v) is 9.54. The van der Waals surface area contributed by atoms with E-state index in [1.54, 1.807) is 32.9 Å². The minimum absolute atomic E-state index is 0.0249. The third-order valence-electron chi connectivity index (χ3n) is 5.37. The standard InChI is InChI=1S/C28H25N5O8/c1-28(2,3)27(36)30-21-13-11-19(12-14-21)26(35)31-29-17-20-7-5-9-23(33(39)40)25(20)41-24(34)15-10-18-6-4-8-22(16-18)32(37)38/h4-17H,1-3H3,(H,30,36)(H,31,35)/b15-10+,29-17+. The fourth-order valence-corrected chi connectivity index (χ4v) is 3.19. The third-order valence-corrected chi connectivity index (χ3v) is 5.37. The zero-order chi connectivity index (χ0) is 30.2. The number of hydrazone groups is 1. The molecule has 3 aromatic rings. The highest BCUT2D eigenvalue weighted by Gasteiger charge is 2.22. The number of hydrogen-bond donors (Lipinski definition) is 2. The summed E-state index contributed by atoms with van der Waals surface area (Å²) >= 11 is 0. The highest BCUT2D eigenvalue weighted by molar-refractivity contribution is 5.98. The molecule has 0 aliphatic carbocycles. The smallest absolute Gasteiger partial charge is 0.336 e. The molecule has 0 spiro atoms. The Kier molecular flexibility index (Phi) is 9.38. The number of benzene rings is 3. The van der Waals surface area contributed by atoms with Gasteiger partial charge in [-0.2, -0.15) is 5.10 Å². The second kappa shape index (κ2) is 12.9. The summed E-state index contributed by atoms with van der Waals surface area (Å²) in [6.45, 7) is 5.31. The van der Waals surface area contributed by atoms with Gasteiger partial charge in [-0.3, -0.25) is 29.8 Å². The zero-order valence-electron chi connectivity index (χ0n) is 22.2. The molecule has 3 aromatic carbocycles. The average Bonchev–Trinajstić information content (AvgIpc) is 2.92. The average molecular weight is 560 g/mol. The van der Waals surface area contributed by atoms with E-state index >= 15 is 0 Å². The van der Waals surface area contributed by atoms with Crippen LogP contribution in [-0.4, -0.2) is 33.8 Å². The monoisotopic (exact) mass is 559 g/mol. The van der Waals surface area contributed by atoms with E-state index in [1.807, 2.05) is 0 Å². The van der Waals surface area contributed by atoms with Gasteiger partial charge in [-0.1, -0.05) is 39.0 Å². The molecular weight excluding hydrogens is 534 g/mol. The van der Waals surface area contributed by atoms with Crippen LogP contribution in [0.5, 0.6) is 5.75 Å². The van der Waals surface area contributed by atoms with Gasteiger partial charge in [0, 0.05) is 46.5 Å². The molecule has 0 unspecified atom stereocenters. The normalized spacial score (nSPS) is 11.3. The molecule has 41 heavy (non-hydrogen) atoms. The van der Waals surface area contributed by atoms with Gasteiger partial charge in [0.25, 0.3) is 11.6 Å². The van der Waals surface area contributed by atoms with Crippen LogP contribution < -0.4 is 15.5 Å². The van der Waals surface area contributed by atoms with E-state index in [0.29, 0.717) is 11.3 Å². The van der Waals surface area contributed by atoms with E-state index in [0.717, 1.165) is 18.4 Å². The number of nitrogens with zero attached hydrogens (tertiary/aromatic N) is 3. The van der Waals surface area contributed by atoms with Crippen LogP contribution in [0, 0.1) is 25.6 Å². The van der Waals surface area contributed by atoms with E-state index in [4.69, 9.17) is 4.74 Å². The minimum Gasteiger partial charge on any atom is -0.415 e. The fraction of sp³-hybridized carbons (Fsp3) is 0.143. The number of ether oxygens (including phenoxy) is 1. The van der Waals surface area contributed by atoms with Crippen molar-refractivity contribution in [2.24, 2.45) is 10.5 Å². The molecule has 13 nitrogen and oxygen atoms in total. The summed E-state index contributed by atoms with van der Waals surface area (Å²) in [5, 5.41) is 29.0. The highest BCUT2D eigenvalue weighted by atomic mass is 16.6. The topological polar surface area (TPSA) is 183 Å². The van der Waals surface area contributed by atoms with Gasteiger partial charge < -0.3 is 10.1 Å². The molecule has 0 fully saturated rings. The van der Waals surface area contributed by atoms with E-state index in [-0.39, 0.29) is 22.7 Å². The molecule has 210 valence electrons. The molecule has 0 saturated carbocycles. The van der Waals surface area contributed by atoms with Gasteiger partial charge in [0.05, 0.1) is 16.1 Å². The number of nitro benzene ring substituents is 2. The van der Waals surface area contributed by atoms with Gasteiger partial charge >= 0.3 is 11.7 Å². The number of nitrogens with one attached hydrogen (secondary N) is 2. The first kappa shape index (κ1) is 29.8. The van der Waals surface area contributed by atoms with Crippen LogP contribution in [0.3, 0.4) is 0 Å². The maximum atomic E-state index is 12.5. The molecule has 0 heterocycles. The van der Waals surface area contributed by atoms with Crippen LogP contribution in [0.4, 0.5) is 17.1 Å². The van der Waals surface area contributed by atoms with Crippen molar-refractivity contribution in [3.8, 4) is 5.75 Å². The number of nitro groups is 2. The number of non-ortho nitro benzene ring substituents is 1. The van der Waals surface area contributed by atoms with Gasteiger partial charge in [-0.05, 0) is 42.0 Å². The molecule has 0 bridgehead atoms. The molecule has 13 heteroatoms. The van der Waals surface area contributed by atoms with Crippen molar-refractivity contribution in [1.29, 1.82) is 0 Å². The number of para-hydroxylation sites is 1. The first-order valence-electron chi connectivity index (χ1n) is 12.0. The van der Waals surface area contributed by atoms with Gasteiger partial charge in [0.1, 0.15) is 0 Å². The number of carbonyl (C=O) groups excluding carboxylic acids is 3. The molecule has 2 N–H and O–H groups in total. The molecule has 0 atom stereocenters. The number of carbonyl (C=O) groups is 3. The molecule has 0 aliphatic rings. The Hall–Kier alpha value is -5.72. The summed E-state index contributed by atoms with van der Waals surface area (Å²) in [6.07, 6.45) is 3.31. The van der Waals surface area contributed by atoms with Crippen molar-refractivity contribution in [2.75, 3.05) is 5.32 Å². The van der Waals surface area contributed by atoms with Gasteiger partial charge in [0.2, 0.25) is 11.7 Å². The van der Waals surface area contributed by atoms with Crippen LogP contribution in [0.2, 0.25) is 0 Å². The van der Waals surface area contributed by atoms with Crippen LogP contribution >= 0.6 is 0 Å². The molecule has 2 amide bonds. The van der Waals surface area contributed by atoms with Crippen molar-refractivity contribution in [1.82, 2.24) is 5.43 Å². The lowest BCUT2D eigenvalue weighted by atomic mass is 9.95. The van der Waals surface area contributed by atoms with Gasteiger partial charge in [-0.15, -0.1) is 0 Å². The number of esters is 1. The number of anilines is 1. The first-order valence-corrected chi connectivity index (χ1v) is 12.0. The molecular formula is C28H25N5O8. The Morgan fingerprint density at radius 1 is 0.927 bits per heavy atom. The summed E-state index contributed by atoms with van der Waals surface area (Å²) in [4.78, 5) is 58.2. The fourth-order valence-electron chi connectivity index (χ4n) is 3.19. The first-order chi connectivity index (χ1) is 19.3. The lowest BCUT2D eigenvalue weighted by Crippen LogP contribution is -2.27. The predicted molar refractivity (Wildman–Crippen MR) is 150 cm³/mol. The van der Waals surface area contributed by atoms with E-state index < -0.39 is 38.6 Å². The van der Waals surface area contributed by atoms with Crippen molar-refractivity contribution in [3.63, 3.8) is 0 Å². The van der Waals surface area contributed by atoms with Crippen molar-refractivity contribution in [3.05, 3.63) is 110 Å². The van der Waals surface area contributed by atoms with Gasteiger partial charge in [0.15, 0.2) is 0 Å². The van der Waals surface area contributed by atoms with Crippen LogP contribution in [0.15, 0.2) is 77.9 Å². The van der Waals surface area contributed by atoms with Crippen molar-refractivity contribution in [2.45, 2.75) is 20.8 Å². The summed E-state index contributed by atoms with van der Waals surface area (Å²) < 4.78 is 5.21. The quantitative estimate of drug-likeness (QED) is 0.0929. The zero-order valence-corrected chi connectivity index (χ0v) is 22.2. The number of amides is 2. The summed E-state index contributed by atoms with van der Waals surface area (Å²) in [7, 11) is 0. The maximum Gasteiger partial charge on any atom is 0.336 e. The lowest BCUT2D eigenvalue weighted by molar-refractivity contribution is -0.385. The molecule has 0 aromatic heterocycles. The summed E-state index contributed by atoms with van der Waals surface area (Å²) in [6, 6.07) is 15.4. The van der Waals surface area contributed by atoms with Crippen molar-refractivity contribution >= 4 is 47.1 Å². The SMILES string of the molecule is CC(C)(C)C(=O)Nc1ccc(C(=O)N/N=C/c2cccc([N+](=O)[O-])c2OC(=O)/C=C/c2cccc([N+](=O)[O-])c2)cc1. The Balaban J connectivity index is 1.72. The highest BCUT2D eigenvalue weighted by Crippen LogP contribution is 2.30. The Morgan fingerprint density at radius 2 is 1.61 bits per heavy atom. The third kappa shape index (κ3) is 8.38. The number of hydrogen-bond acceptors (Lipinski definition) is 9. The van der Waals surface area contributed by atoms with Crippen LogP contribution in [0.25, 0.3) is 6.08 Å². The number of rotatable bonds is 9. The van der Waals surface area contributed by atoms with Crippen molar-refractivity contribution < 1.29 is 29.0 Å². The molecule has 3 rings (SSSR count). The maximum absolute atomic E-state index is 12.5. The predicted octanol–water partition coefficient (Wildman–Crippen LogP) is 4.87. The molecule has 0 saturated heterocycles. The summed E-state index contributed by atoms with van der Waals surface area (Å²) in [5.74, 6) is -2.18. The lowest BCUT2D eigenvalue weighted by Gasteiger charge is -2.17. The Morgan fingerprint density at radius 3 is 2.24 bits per heavy atom.